The molecule has 2 N–H and O–H groups in total. The fourth-order valence-corrected chi connectivity index (χ4v) is 3.43. The highest BCUT2D eigenvalue weighted by molar-refractivity contribution is 6.50. The van der Waals surface area contributed by atoms with Gasteiger partial charge in [-0.3, -0.25) is 0 Å². The largest absolute Gasteiger partial charge is 0.412 e. The normalized spacial score (nSPS) is 10.3. The predicted molar refractivity (Wildman–Crippen MR) is 132 cm³/mol. The quantitative estimate of drug-likeness (QED) is 0.190. The summed E-state index contributed by atoms with van der Waals surface area (Å²) in [5.74, 6) is -1.20. The molecule has 0 saturated carbocycles. The molecule has 8 heteroatoms. The molecule has 0 atom stereocenters. The van der Waals surface area contributed by atoms with Gasteiger partial charge in [-0.2, -0.15) is 0 Å². The van der Waals surface area contributed by atoms with Crippen LogP contribution in [0.25, 0.3) is 0 Å². The second-order valence-electron chi connectivity index (χ2n) is 7.02. The van der Waals surface area contributed by atoms with E-state index in [2.05, 4.69) is 0 Å². The molecule has 0 aromatic heterocycles. The topological polar surface area (TPSA) is 31.5 Å². The van der Waals surface area contributed by atoms with Gasteiger partial charge >= 0.3 is 0 Å². The van der Waals surface area contributed by atoms with Crippen LogP contribution in [0.3, 0.4) is 0 Å². The molecule has 0 aliphatic heterocycles. The Bertz CT molecular complexity index is 1040. The van der Waals surface area contributed by atoms with Crippen molar-refractivity contribution in [3.8, 4) is 0 Å². The summed E-state index contributed by atoms with van der Waals surface area (Å²) >= 11 is 12.4. The van der Waals surface area contributed by atoms with Crippen molar-refractivity contribution in [2.75, 3.05) is 0 Å². The average molecular weight is 532 g/mol. The number of benzene rings is 4. The van der Waals surface area contributed by atoms with Crippen molar-refractivity contribution in [3.63, 3.8) is 0 Å². The van der Waals surface area contributed by atoms with Crippen LogP contribution in [0.5, 0.6) is 0 Å². The third-order valence-corrected chi connectivity index (χ3v) is 5.52. The molecule has 0 saturated heterocycles. The van der Waals surface area contributed by atoms with Gasteiger partial charge in [0, 0.05) is 0 Å². The Morgan fingerprint density at radius 2 is 0.706 bits per heavy atom. The molecule has 0 aliphatic rings. The maximum atomic E-state index is 12.8. The van der Waals surface area contributed by atoms with E-state index in [4.69, 9.17) is 23.2 Å². The fourth-order valence-electron chi connectivity index (χ4n) is 2.93. The molecule has 4 aromatic carbocycles. The predicted octanol–water partition coefficient (Wildman–Crippen LogP) is 7.80. The Kier molecular flexibility index (Phi) is 11.6. The molecular weight excluding hydrogens is 511 g/mol. The highest BCUT2D eigenvalue weighted by Gasteiger charge is 2.28. The molecule has 0 heterocycles. The van der Waals surface area contributed by atoms with Crippen LogP contribution in [0.15, 0.2) is 97.1 Å². The standard InChI is InChI=1S/C13H8Cl2F2.C13H10F2.ClH.H2O/c14-13(15,9-1-5-11(16)6-2-9)10-3-7-12(17)8-4-10;14-12-5-1-10(2-6-12)9-11-3-7-13(15)8-4-11;;/h1-8H;1-8H,9H2;1H;1H2. The van der Waals surface area contributed by atoms with E-state index < -0.39 is 4.33 Å². The van der Waals surface area contributed by atoms with Crippen LogP contribution in [0, 0.1) is 23.3 Å². The molecule has 0 radical (unpaired) electrons. The zero-order valence-electron chi connectivity index (χ0n) is 17.6. The molecule has 180 valence electrons. The Hall–Kier alpha value is -2.57. The number of hydrogen-bond donors (Lipinski definition) is 0. The van der Waals surface area contributed by atoms with Crippen molar-refractivity contribution in [2.45, 2.75) is 10.8 Å². The number of halogens is 7. The van der Waals surface area contributed by atoms with E-state index in [1.807, 2.05) is 0 Å². The fraction of sp³-hybridized carbons (Fsp3) is 0.0769. The van der Waals surface area contributed by atoms with E-state index in [0.717, 1.165) is 11.1 Å². The first-order valence-electron chi connectivity index (χ1n) is 9.63. The minimum Gasteiger partial charge on any atom is -0.412 e. The molecule has 1 nitrogen and oxygen atoms in total. The van der Waals surface area contributed by atoms with Crippen molar-refractivity contribution >= 4 is 35.6 Å². The third-order valence-electron chi connectivity index (χ3n) is 4.65. The van der Waals surface area contributed by atoms with Crippen LogP contribution in [0.2, 0.25) is 0 Å². The van der Waals surface area contributed by atoms with Gasteiger partial charge in [0.1, 0.15) is 23.3 Å². The van der Waals surface area contributed by atoms with Crippen LogP contribution in [-0.2, 0) is 10.8 Å². The first-order valence-corrected chi connectivity index (χ1v) is 10.4. The lowest BCUT2D eigenvalue weighted by Gasteiger charge is -2.20. The molecule has 0 aliphatic carbocycles. The highest BCUT2D eigenvalue weighted by Crippen LogP contribution is 2.40. The van der Waals surface area contributed by atoms with E-state index >= 15 is 0 Å². The van der Waals surface area contributed by atoms with E-state index in [1.165, 1.54) is 72.8 Å². The Labute approximate surface area is 211 Å². The highest BCUT2D eigenvalue weighted by atomic mass is 35.5. The van der Waals surface area contributed by atoms with Gasteiger partial charge in [0.2, 0.25) is 0 Å². The van der Waals surface area contributed by atoms with Crippen LogP contribution in [-0.4, -0.2) is 5.48 Å². The lowest BCUT2D eigenvalue weighted by atomic mass is 10.0. The minimum atomic E-state index is -1.32. The van der Waals surface area contributed by atoms with E-state index in [-0.39, 0.29) is 41.2 Å². The molecule has 0 fully saturated rings. The monoisotopic (exact) mass is 530 g/mol. The van der Waals surface area contributed by atoms with Crippen molar-refractivity contribution in [2.24, 2.45) is 0 Å². The summed E-state index contributed by atoms with van der Waals surface area (Å²) in [6, 6.07) is 23.8. The second kappa shape index (κ2) is 13.4. The minimum absolute atomic E-state index is 0. The Balaban J connectivity index is 0.000000323. The average Bonchev–Trinajstić information content (AvgIpc) is 2.78. The van der Waals surface area contributed by atoms with E-state index in [9.17, 15) is 17.6 Å². The van der Waals surface area contributed by atoms with Gasteiger partial charge in [-0.05, 0) is 77.2 Å². The maximum Gasteiger partial charge on any atom is 0.168 e. The molecule has 0 unspecified atom stereocenters. The maximum absolute atomic E-state index is 12.8. The van der Waals surface area contributed by atoms with Crippen LogP contribution in [0.1, 0.15) is 22.3 Å². The molecular formula is C26H21Cl3F4O. The molecule has 4 aromatic rings. The Morgan fingerprint density at radius 1 is 0.471 bits per heavy atom. The summed E-state index contributed by atoms with van der Waals surface area (Å²) < 4.78 is 49.5. The summed E-state index contributed by atoms with van der Waals surface area (Å²) in [5, 5.41) is 0. The Morgan fingerprint density at radius 3 is 0.971 bits per heavy atom. The first kappa shape index (κ1) is 29.5. The zero-order valence-corrected chi connectivity index (χ0v) is 19.9. The first-order chi connectivity index (χ1) is 15.2. The van der Waals surface area contributed by atoms with Gasteiger partial charge in [-0.1, -0.05) is 71.7 Å². The van der Waals surface area contributed by atoms with Crippen LogP contribution < -0.4 is 0 Å². The molecule has 4 rings (SSSR count). The van der Waals surface area contributed by atoms with Gasteiger partial charge in [-0.15, -0.1) is 12.4 Å². The van der Waals surface area contributed by atoms with Gasteiger partial charge in [-0.25, -0.2) is 17.6 Å². The SMILES string of the molecule is Cl.Fc1ccc(C(Cl)(Cl)c2ccc(F)cc2)cc1.Fc1ccc(Cc2ccc(F)cc2)cc1.O. The van der Waals surface area contributed by atoms with E-state index in [1.54, 1.807) is 24.3 Å². The van der Waals surface area contributed by atoms with Crippen molar-refractivity contribution in [1.29, 1.82) is 0 Å². The summed E-state index contributed by atoms with van der Waals surface area (Å²) in [4.78, 5) is 0. The molecule has 34 heavy (non-hydrogen) atoms. The summed E-state index contributed by atoms with van der Waals surface area (Å²) in [7, 11) is 0. The summed E-state index contributed by atoms with van der Waals surface area (Å²) in [5.41, 5.74) is 3.11. The lowest BCUT2D eigenvalue weighted by molar-refractivity contribution is 0.625. The smallest absolute Gasteiger partial charge is 0.168 e. The number of alkyl halides is 2. The van der Waals surface area contributed by atoms with Gasteiger partial charge < -0.3 is 5.48 Å². The van der Waals surface area contributed by atoms with Crippen LogP contribution >= 0.6 is 35.6 Å². The van der Waals surface area contributed by atoms with Gasteiger partial charge in [0.05, 0.1) is 0 Å². The summed E-state index contributed by atoms with van der Waals surface area (Å²) in [6.45, 7) is 0. The second-order valence-corrected chi connectivity index (χ2v) is 8.35. The molecule has 0 bridgehead atoms. The zero-order chi connectivity index (χ0) is 23.1. The van der Waals surface area contributed by atoms with Crippen molar-refractivity contribution in [3.05, 3.63) is 143 Å². The molecule has 0 spiro atoms. The lowest BCUT2D eigenvalue weighted by Crippen LogP contribution is -2.12. The van der Waals surface area contributed by atoms with Crippen molar-refractivity contribution in [1.82, 2.24) is 0 Å². The number of hydrogen-bond acceptors (Lipinski definition) is 0. The number of rotatable bonds is 4. The van der Waals surface area contributed by atoms with Gasteiger partial charge in [0.25, 0.3) is 0 Å². The van der Waals surface area contributed by atoms with Crippen LogP contribution in [0.4, 0.5) is 17.6 Å². The van der Waals surface area contributed by atoms with E-state index in [0.29, 0.717) is 17.5 Å². The third kappa shape index (κ3) is 8.33. The van der Waals surface area contributed by atoms with Crippen molar-refractivity contribution < 1.29 is 23.0 Å². The molecule has 0 amide bonds. The summed E-state index contributed by atoms with van der Waals surface area (Å²) in [6.07, 6.45) is 0.695. The van der Waals surface area contributed by atoms with Gasteiger partial charge in [0.15, 0.2) is 4.33 Å².